The Hall–Kier alpha value is -2.51. The molecule has 0 radical (unpaired) electrons. The van der Waals surface area contributed by atoms with Crippen LogP contribution in [0.25, 0.3) is 0 Å². The zero-order valence-corrected chi connectivity index (χ0v) is 18.4. The van der Waals surface area contributed by atoms with Crippen molar-refractivity contribution in [2.24, 2.45) is 0 Å². The van der Waals surface area contributed by atoms with Crippen LogP contribution in [0.15, 0.2) is 36.4 Å². The van der Waals surface area contributed by atoms with Crippen molar-refractivity contribution in [1.29, 1.82) is 0 Å². The fourth-order valence-electron chi connectivity index (χ4n) is 3.03. The molecule has 0 saturated carbocycles. The van der Waals surface area contributed by atoms with E-state index in [2.05, 4.69) is 41.6 Å². The lowest BCUT2D eigenvalue weighted by Crippen LogP contribution is -2.17. The molecule has 0 aliphatic carbocycles. The minimum atomic E-state index is 0.417. The van der Waals surface area contributed by atoms with Gasteiger partial charge in [0.25, 0.3) is 0 Å². The van der Waals surface area contributed by atoms with Crippen LogP contribution >= 0.6 is 23.8 Å². The van der Waals surface area contributed by atoms with Crippen LogP contribution in [0, 0.1) is 11.7 Å². The van der Waals surface area contributed by atoms with E-state index in [4.69, 9.17) is 33.3 Å². The standard InChI is InChI=1S/C21H25ClN4O2S/c1-4-6-19-24-25-21(29)26(19)23-12-16-10-17(22)20(18(11-16)27-3)28-13-15-8-5-7-14(2)9-15/h5,7-11,23H,4,6,12-13H2,1-3H3,(H,25,29). The largest absolute Gasteiger partial charge is 0.493 e. The van der Waals surface area contributed by atoms with Crippen molar-refractivity contribution in [3.8, 4) is 11.5 Å². The molecule has 0 amide bonds. The van der Waals surface area contributed by atoms with Crippen LogP contribution in [0.4, 0.5) is 0 Å². The fourth-order valence-corrected chi connectivity index (χ4v) is 3.53. The smallest absolute Gasteiger partial charge is 0.214 e. The number of hydrogen-bond donors (Lipinski definition) is 2. The van der Waals surface area contributed by atoms with Crippen LogP contribution in [0.1, 0.15) is 35.9 Å². The lowest BCUT2D eigenvalue weighted by molar-refractivity contribution is 0.284. The Bertz CT molecular complexity index is 1030. The quantitative estimate of drug-likeness (QED) is 0.456. The summed E-state index contributed by atoms with van der Waals surface area (Å²) in [7, 11) is 1.61. The van der Waals surface area contributed by atoms with Crippen LogP contribution in [-0.2, 0) is 19.6 Å². The van der Waals surface area contributed by atoms with Crippen LogP contribution in [0.3, 0.4) is 0 Å². The molecule has 0 bridgehead atoms. The molecule has 0 aliphatic heterocycles. The van der Waals surface area contributed by atoms with Crippen molar-refractivity contribution < 1.29 is 9.47 Å². The fraction of sp³-hybridized carbons (Fsp3) is 0.333. The Labute approximate surface area is 180 Å². The second-order valence-electron chi connectivity index (χ2n) is 6.75. The van der Waals surface area contributed by atoms with Gasteiger partial charge in [0.1, 0.15) is 6.61 Å². The Balaban J connectivity index is 1.74. The number of rotatable bonds is 9. The summed E-state index contributed by atoms with van der Waals surface area (Å²) < 4.78 is 13.8. The van der Waals surface area contributed by atoms with Gasteiger partial charge in [0.2, 0.25) is 4.77 Å². The molecule has 0 aliphatic rings. The maximum absolute atomic E-state index is 6.51. The number of aromatic nitrogens is 3. The molecule has 2 aromatic carbocycles. The first-order valence-corrected chi connectivity index (χ1v) is 10.2. The number of H-pyrrole nitrogens is 1. The number of methoxy groups -OCH3 is 1. The number of ether oxygens (including phenoxy) is 2. The van der Waals surface area contributed by atoms with Crippen molar-refractivity contribution in [1.82, 2.24) is 14.9 Å². The molecule has 29 heavy (non-hydrogen) atoms. The normalized spacial score (nSPS) is 10.8. The summed E-state index contributed by atoms with van der Waals surface area (Å²) in [5, 5.41) is 7.57. The molecule has 1 aromatic heterocycles. The molecular weight excluding hydrogens is 408 g/mol. The molecule has 0 unspecified atom stereocenters. The highest BCUT2D eigenvalue weighted by atomic mass is 35.5. The molecule has 2 N–H and O–H groups in total. The summed E-state index contributed by atoms with van der Waals surface area (Å²) >= 11 is 11.8. The minimum absolute atomic E-state index is 0.417. The molecule has 0 fully saturated rings. The van der Waals surface area contributed by atoms with Crippen molar-refractivity contribution in [2.75, 3.05) is 12.5 Å². The third-order valence-electron chi connectivity index (χ3n) is 4.41. The molecule has 154 valence electrons. The highest BCUT2D eigenvalue weighted by Crippen LogP contribution is 2.37. The van der Waals surface area contributed by atoms with Crippen molar-refractivity contribution in [3.63, 3.8) is 0 Å². The molecule has 0 spiro atoms. The van der Waals surface area contributed by atoms with Gasteiger partial charge in [-0.2, -0.15) is 5.10 Å². The first kappa shape index (κ1) is 21.2. The van der Waals surface area contributed by atoms with E-state index >= 15 is 0 Å². The van der Waals surface area contributed by atoms with Gasteiger partial charge in [-0.25, -0.2) is 4.68 Å². The van der Waals surface area contributed by atoms with Crippen molar-refractivity contribution in [2.45, 2.75) is 39.8 Å². The Kier molecular flexibility index (Phi) is 7.17. The topological polar surface area (TPSA) is 64.1 Å². The Morgan fingerprint density at radius 2 is 2.07 bits per heavy atom. The molecular formula is C21H25ClN4O2S. The predicted molar refractivity (Wildman–Crippen MR) is 118 cm³/mol. The molecule has 6 nitrogen and oxygen atoms in total. The van der Waals surface area contributed by atoms with E-state index in [0.717, 1.165) is 29.8 Å². The number of benzene rings is 2. The first-order valence-electron chi connectivity index (χ1n) is 9.46. The third kappa shape index (κ3) is 5.31. The van der Waals surface area contributed by atoms with Crippen molar-refractivity contribution >= 4 is 23.8 Å². The summed E-state index contributed by atoms with van der Waals surface area (Å²) in [5.74, 6) is 1.99. The van der Waals surface area contributed by atoms with Gasteiger partial charge in [-0.05, 0) is 48.8 Å². The average molecular weight is 433 g/mol. The summed E-state index contributed by atoms with van der Waals surface area (Å²) in [5.41, 5.74) is 6.49. The van der Waals surface area contributed by atoms with E-state index in [-0.39, 0.29) is 0 Å². The van der Waals surface area contributed by atoms with Gasteiger partial charge in [-0.1, -0.05) is 48.4 Å². The van der Waals surface area contributed by atoms with E-state index < -0.39 is 0 Å². The number of nitrogens with one attached hydrogen (secondary N) is 2. The molecule has 0 atom stereocenters. The van der Waals surface area contributed by atoms with Gasteiger partial charge in [-0.15, -0.1) is 0 Å². The third-order valence-corrected chi connectivity index (χ3v) is 4.97. The van der Waals surface area contributed by atoms with Crippen LogP contribution in [0.5, 0.6) is 11.5 Å². The number of aryl methyl sites for hydroxylation is 2. The highest BCUT2D eigenvalue weighted by molar-refractivity contribution is 7.71. The summed E-state index contributed by atoms with van der Waals surface area (Å²) in [6.45, 7) is 5.08. The Morgan fingerprint density at radius 1 is 1.24 bits per heavy atom. The first-order chi connectivity index (χ1) is 14.0. The molecule has 8 heteroatoms. The van der Waals surface area contributed by atoms with Gasteiger partial charge in [-0.3, -0.25) is 5.10 Å². The maximum atomic E-state index is 6.51. The molecule has 3 aromatic rings. The number of aromatic amines is 1. The van der Waals surface area contributed by atoms with Crippen LogP contribution in [0.2, 0.25) is 5.02 Å². The van der Waals surface area contributed by atoms with E-state index in [1.807, 2.05) is 24.3 Å². The Morgan fingerprint density at radius 3 is 2.79 bits per heavy atom. The van der Waals surface area contributed by atoms with E-state index in [9.17, 15) is 0 Å². The summed E-state index contributed by atoms with van der Waals surface area (Å²) in [6, 6.07) is 11.9. The summed E-state index contributed by atoms with van der Waals surface area (Å²) in [4.78, 5) is 0. The van der Waals surface area contributed by atoms with Gasteiger partial charge in [0.05, 0.1) is 18.7 Å². The SMILES string of the molecule is CCCc1n[nH]c(=S)n1NCc1cc(Cl)c(OCc2cccc(C)c2)c(OC)c1. The van der Waals surface area contributed by atoms with E-state index in [1.54, 1.807) is 11.8 Å². The van der Waals surface area contributed by atoms with E-state index in [0.29, 0.717) is 34.4 Å². The van der Waals surface area contributed by atoms with Crippen LogP contribution in [-0.4, -0.2) is 22.0 Å². The second-order valence-corrected chi connectivity index (χ2v) is 7.55. The van der Waals surface area contributed by atoms with Crippen LogP contribution < -0.4 is 14.9 Å². The van der Waals surface area contributed by atoms with Gasteiger partial charge in [0, 0.05) is 6.42 Å². The lowest BCUT2D eigenvalue weighted by Gasteiger charge is -2.15. The number of nitrogens with zero attached hydrogens (tertiary/aromatic N) is 2. The lowest BCUT2D eigenvalue weighted by atomic mass is 10.1. The zero-order chi connectivity index (χ0) is 20.8. The molecule has 1 heterocycles. The number of halogens is 1. The summed E-state index contributed by atoms with van der Waals surface area (Å²) in [6.07, 6.45) is 1.81. The molecule has 3 rings (SSSR count). The molecule has 0 saturated heterocycles. The van der Waals surface area contributed by atoms with Gasteiger partial charge >= 0.3 is 0 Å². The minimum Gasteiger partial charge on any atom is -0.493 e. The van der Waals surface area contributed by atoms with Gasteiger partial charge < -0.3 is 14.9 Å². The highest BCUT2D eigenvalue weighted by Gasteiger charge is 2.13. The number of hydrogen-bond acceptors (Lipinski definition) is 5. The monoisotopic (exact) mass is 432 g/mol. The second kappa shape index (κ2) is 9.80. The zero-order valence-electron chi connectivity index (χ0n) is 16.8. The van der Waals surface area contributed by atoms with E-state index in [1.165, 1.54) is 5.56 Å². The predicted octanol–water partition coefficient (Wildman–Crippen LogP) is 5.19. The average Bonchev–Trinajstić information content (AvgIpc) is 3.05. The van der Waals surface area contributed by atoms with Gasteiger partial charge in [0.15, 0.2) is 17.3 Å². The maximum Gasteiger partial charge on any atom is 0.214 e. The van der Waals surface area contributed by atoms with Crippen molar-refractivity contribution in [3.05, 3.63) is 68.7 Å².